The van der Waals surface area contributed by atoms with Crippen LogP contribution in [0, 0.1) is 12.7 Å². The lowest BCUT2D eigenvalue weighted by Crippen LogP contribution is -1.95. The predicted molar refractivity (Wildman–Crippen MR) is 66.4 cm³/mol. The summed E-state index contributed by atoms with van der Waals surface area (Å²) >= 11 is 5.82. The van der Waals surface area contributed by atoms with Crippen molar-refractivity contribution in [3.05, 3.63) is 52.4 Å². The van der Waals surface area contributed by atoms with Crippen LogP contribution in [0.4, 0.5) is 4.39 Å². The SMILES string of the molecule is Cc1cc(F)ccc1Oc1ccc(Cl)c(CO)n1. The zero-order valence-electron chi connectivity index (χ0n) is 9.65. The van der Waals surface area contributed by atoms with Crippen LogP contribution in [-0.2, 0) is 6.61 Å². The van der Waals surface area contributed by atoms with Gasteiger partial charge in [-0.05, 0) is 36.8 Å². The van der Waals surface area contributed by atoms with Crippen molar-refractivity contribution in [1.82, 2.24) is 4.98 Å². The summed E-state index contributed by atoms with van der Waals surface area (Å²) in [5, 5.41) is 9.42. The first-order valence-corrected chi connectivity index (χ1v) is 5.68. The number of nitrogens with zero attached hydrogens (tertiary/aromatic N) is 1. The molecule has 0 aliphatic carbocycles. The van der Waals surface area contributed by atoms with E-state index in [-0.39, 0.29) is 12.4 Å². The third-order valence-electron chi connectivity index (χ3n) is 2.39. The van der Waals surface area contributed by atoms with E-state index < -0.39 is 0 Å². The Kier molecular flexibility index (Phi) is 3.79. The Bertz CT molecular complexity index is 575. The highest BCUT2D eigenvalue weighted by Crippen LogP contribution is 2.26. The number of halogens is 2. The molecule has 0 aliphatic heterocycles. The summed E-state index contributed by atoms with van der Waals surface area (Å²) in [7, 11) is 0. The molecule has 0 saturated carbocycles. The number of ether oxygens (including phenoxy) is 1. The molecule has 1 N–H and O–H groups in total. The van der Waals surface area contributed by atoms with Gasteiger partial charge in [0.2, 0.25) is 5.88 Å². The van der Waals surface area contributed by atoms with Crippen molar-refractivity contribution in [3.63, 3.8) is 0 Å². The molecule has 0 amide bonds. The smallest absolute Gasteiger partial charge is 0.219 e. The topological polar surface area (TPSA) is 42.4 Å². The maximum absolute atomic E-state index is 12.9. The number of rotatable bonds is 3. The Morgan fingerprint density at radius 1 is 1.33 bits per heavy atom. The molecule has 5 heteroatoms. The van der Waals surface area contributed by atoms with Crippen LogP contribution >= 0.6 is 11.6 Å². The molecule has 1 heterocycles. The summed E-state index contributed by atoms with van der Waals surface area (Å²) in [6.45, 7) is 1.47. The highest BCUT2D eigenvalue weighted by atomic mass is 35.5. The molecular weight excluding hydrogens is 257 g/mol. The van der Waals surface area contributed by atoms with Crippen LogP contribution in [0.25, 0.3) is 0 Å². The molecule has 18 heavy (non-hydrogen) atoms. The van der Waals surface area contributed by atoms with Crippen molar-refractivity contribution >= 4 is 11.6 Å². The monoisotopic (exact) mass is 267 g/mol. The van der Waals surface area contributed by atoms with E-state index in [1.807, 2.05) is 0 Å². The van der Waals surface area contributed by atoms with E-state index in [4.69, 9.17) is 21.4 Å². The van der Waals surface area contributed by atoms with E-state index in [9.17, 15) is 4.39 Å². The number of aliphatic hydroxyl groups excluding tert-OH is 1. The lowest BCUT2D eigenvalue weighted by molar-refractivity contribution is 0.275. The van der Waals surface area contributed by atoms with E-state index in [0.717, 1.165) is 0 Å². The normalized spacial score (nSPS) is 10.4. The van der Waals surface area contributed by atoms with Gasteiger partial charge in [0, 0.05) is 6.07 Å². The summed E-state index contributed by atoms with van der Waals surface area (Å²) in [6, 6.07) is 7.39. The highest BCUT2D eigenvalue weighted by Gasteiger charge is 2.07. The van der Waals surface area contributed by atoms with Gasteiger partial charge in [-0.2, -0.15) is 0 Å². The zero-order valence-corrected chi connectivity index (χ0v) is 10.4. The Labute approximate surface area is 109 Å². The molecule has 1 aromatic carbocycles. The van der Waals surface area contributed by atoms with Crippen LogP contribution in [0.2, 0.25) is 5.02 Å². The van der Waals surface area contributed by atoms with Gasteiger partial charge in [-0.15, -0.1) is 0 Å². The first-order valence-electron chi connectivity index (χ1n) is 5.30. The second-order valence-electron chi connectivity index (χ2n) is 3.75. The van der Waals surface area contributed by atoms with E-state index in [1.165, 1.54) is 18.2 Å². The fourth-order valence-electron chi connectivity index (χ4n) is 1.47. The summed E-state index contributed by atoms with van der Waals surface area (Å²) in [5.41, 5.74) is 1.01. The number of aryl methyl sites for hydroxylation is 1. The molecule has 0 spiro atoms. The Morgan fingerprint density at radius 3 is 2.78 bits per heavy atom. The molecule has 0 aliphatic rings. The molecule has 0 radical (unpaired) electrons. The minimum atomic E-state index is -0.319. The van der Waals surface area contributed by atoms with Crippen LogP contribution in [-0.4, -0.2) is 10.1 Å². The van der Waals surface area contributed by atoms with Crippen LogP contribution in [0.1, 0.15) is 11.3 Å². The maximum Gasteiger partial charge on any atom is 0.219 e. The molecule has 1 aromatic heterocycles. The van der Waals surface area contributed by atoms with Gasteiger partial charge in [-0.25, -0.2) is 9.37 Å². The van der Waals surface area contributed by atoms with Crippen molar-refractivity contribution in [2.24, 2.45) is 0 Å². The number of aromatic nitrogens is 1. The van der Waals surface area contributed by atoms with Gasteiger partial charge in [0.15, 0.2) is 0 Å². The number of hydrogen-bond donors (Lipinski definition) is 1. The average molecular weight is 268 g/mol. The summed E-state index contributed by atoms with van der Waals surface area (Å²) in [5.74, 6) is 0.494. The van der Waals surface area contributed by atoms with Gasteiger partial charge < -0.3 is 9.84 Å². The van der Waals surface area contributed by atoms with Crippen LogP contribution in [0.5, 0.6) is 11.6 Å². The maximum atomic E-state index is 12.9. The molecule has 2 aromatic rings. The van der Waals surface area contributed by atoms with E-state index in [2.05, 4.69) is 4.98 Å². The van der Waals surface area contributed by atoms with Crippen LogP contribution < -0.4 is 4.74 Å². The van der Waals surface area contributed by atoms with Gasteiger partial charge in [0.1, 0.15) is 11.6 Å². The quantitative estimate of drug-likeness (QED) is 0.926. The van der Waals surface area contributed by atoms with Gasteiger partial charge >= 0.3 is 0 Å². The summed E-state index contributed by atoms with van der Waals surface area (Å²) in [6.07, 6.45) is 0. The number of benzene rings is 1. The summed E-state index contributed by atoms with van der Waals surface area (Å²) < 4.78 is 18.5. The molecular formula is C13H11ClFNO2. The van der Waals surface area contributed by atoms with Crippen molar-refractivity contribution in [1.29, 1.82) is 0 Å². The Hall–Kier alpha value is -1.65. The zero-order chi connectivity index (χ0) is 13.1. The Morgan fingerprint density at radius 2 is 2.11 bits per heavy atom. The van der Waals surface area contributed by atoms with Crippen molar-refractivity contribution in [3.8, 4) is 11.6 Å². The minimum absolute atomic E-state index is 0.265. The van der Waals surface area contributed by atoms with Gasteiger partial charge in [0.05, 0.1) is 17.3 Å². The third-order valence-corrected chi connectivity index (χ3v) is 2.74. The fourth-order valence-corrected chi connectivity index (χ4v) is 1.64. The molecule has 0 unspecified atom stereocenters. The van der Waals surface area contributed by atoms with Gasteiger partial charge in [-0.1, -0.05) is 11.6 Å². The predicted octanol–water partition coefficient (Wildman–Crippen LogP) is 3.47. The van der Waals surface area contributed by atoms with E-state index >= 15 is 0 Å². The lowest BCUT2D eigenvalue weighted by Gasteiger charge is -2.09. The Balaban J connectivity index is 2.28. The highest BCUT2D eigenvalue weighted by molar-refractivity contribution is 6.31. The second kappa shape index (κ2) is 5.33. The average Bonchev–Trinajstić information content (AvgIpc) is 2.35. The van der Waals surface area contributed by atoms with Crippen molar-refractivity contribution in [2.45, 2.75) is 13.5 Å². The molecule has 2 rings (SSSR count). The molecule has 0 atom stereocenters. The third kappa shape index (κ3) is 2.78. The summed E-state index contributed by atoms with van der Waals surface area (Å²) in [4.78, 5) is 4.05. The number of pyridine rings is 1. The van der Waals surface area contributed by atoms with Crippen molar-refractivity contribution < 1.29 is 14.2 Å². The van der Waals surface area contributed by atoms with Gasteiger partial charge in [-0.3, -0.25) is 0 Å². The second-order valence-corrected chi connectivity index (χ2v) is 4.16. The van der Waals surface area contributed by atoms with E-state index in [0.29, 0.717) is 27.9 Å². The van der Waals surface area contributed by atoms with Crippen LogP contribution in [0.3, 0.4) is 0 Å². The number of aliphatic hydroxyl groups is 1. The van der Waals surface area contributed by atoms with E-state index in [1.54, 1.807) is 19.1 Å². The lowest BCUT2D eigenvalue weighted by atomic mass is 10.2. The van der Waals surface area contributed by atoms with Gasteiger partial charge in [0.25, 0.3) is 0 Å². The molecule has 3 nitrogen and oxygen atoms in total. The first kappa shape index (κ1) is 12.8. The largest absolute Gasteiger partial charge is 0.439 e. The fraction of sp³-hybridized carbons (Fsp3) is 0.154. The first-order chi connectivity index (χ1) is 8.60. The number of hydrogen-bond acceptors (Lipinski definition) is 3. The van der Waals surface area contributed by atoms with Crippen molar-refractivity contribution in [2.75, 3.05) is 0 Å². The standard InChI is InChI=1S/C13H11ClFNO2/c1-8-6-9(15)2-4-12(8)18-13-5-3-10(14)11(7-17)16-13/h2-6,17H,7H2,1H3. The van der Waals surface area contributed by atoms with Crippen LogP contribution in [0.15, 0.2) is 30.3 Å². The minimum Gasteiger partial charge on any atom is -0.439 e. The molecule has 0 bridgehead atoms. The molecule has 0 saturated heterocycles. The molecule has 0 fully saturated rings. The molecule has 94 valence electrons.